The number of carbonyl (C=O) groups excluding carboxylic acids is 1. The van der Waals surface area contributed by atoms with Crippen molar-refractivity contribution in [1.29, 1.82) is 0 Å². The van der Waals surface area contributed by atoms with Gasteiger partial charge in [-0.1, -0.05) is 63.1 Å². The average molecular weight is 652 g/mol. The molecule has 10 heteroatoms. The molecule has 0 atom stereocenters. The molecule has 2 aliphatic rings. The molecule has 0 aromatic heterocycles. The summed E-state index contributed by atoms with van der Waals surface area (Å²) in [6.45, 7) is 13.2. The summed E-state index contributed by atoms with van der Waals surface area (Å²) < 4.78 is 48.9. The minimum atomic E-state index is -4.50. The molecule has 2 aromatic rings. The largest absolute Gasteiger partial charge is 0.461 e. The molecule has 0 spiro atoms. The van der Waals surface area contributed by atoms with E-state index in [1.165, 1.54) is 30.2 Å². The molecule has 1 N–H and O–H groups in total. The summed E-state index contributed by atoms with van der Waals surface area (Å²) in [6.07, 6.45) is 0.905. The standard InChI is InChI=1S/C35H46N2O6SSi/c1-7-37(8-2)27-18-20-29-32(24-27)43-31-23-26(36(6)25-34(38)42-21-14-22-45(9-3,10-4)11-5)17-19-28(31)35(29)30-15-12-13-16-33(30)44(39,40)41/h12-13,15-20,23-24H,7-11,14,21-22,25H2,1-6H3/p+1. The highest BCUT2D eigenvalue weighted by Gasteiger charge is 2.27. The Hall–Kier alpha value is -3.47. The molecule has 0 fully saturated rings. The summed E-state index contributed by atoms with van der Waals surface area (Å²) in [5.74, 6) is 0.244. The maximum Gasteiger partial charge on any atom is 0.372 e. The second kappa shape index (κ2) is 14.7. The molecule has 0 unspecified atom stereocenters. The van der Waals surface area contributed by atoms with Gasteiger partial charge < -0.3 is 14.1 Å². The third-order valence-corrected chi connectivity index (χ3v) is 16.2. The van der Waals surface area contributed by atoms with Crippen molar-refractivity contribution in [2.24, 2.45) is 0 Å². The number of benzene rings is 3. The summed E-state index contributed by atoms with van der Waals surface area (Å²) in [4.78, 5) is 14.8. The number of fused-ring (bicyclic) bond motifs is 2. The lowest BCUT2D eigenvalue weighted by molar-refractivity contribution is -0.142. The Labute approximate surface area is 268 Å². The highest BCUT2D eigenvalue weighted by Crippen LogP contribution is 2.42. The second-order valence-electron chi connectivity index (χ2n) is 11.7. The Morgan fingerprint density at radius 1 is 0.933 bits per heavy atom. The first-order chi connectivity index (χ1) is 21.5. The van der Waals surface area contributed by atoms with Gasteiger partial charge in [0.25, 0.3) is 10.1 Å². The van der Waals surface area contributed by atoms with Crippen LogP contribution in [0.15, 0.2) is 70.0 Å². The summed E-state index contributed by atoms with van der Waals surface area (Å²) >= 11 is 0. The van der Waals surface area contributed by atoms with E-state index in [4.69, 9.17) is 9.15 Å². The molecule has 242 valence electrons. The van der Waals surface area contributed by atoms with E-state index in [0.717, 1.165) is 35.9 Å². The first-order valence-corrected chi connectivity index (χ1v) is 20.3. The van der Waals surface area contributed by atoms with Crippen LogP contribution in [0.1, 0.15) is 41.0 Å². The molecule has 1 aliphatic carbocycles. The van der Waals surface area contributed by atoms with Crippen LogP contribution in [-0.2, 0) is 19.6 Å². The first kappa shape index (κ1) is 34.4. The van der Waals surface area contributed by atoms with Crippen LogP contribution >= 0.6 is 0 Å². The van der Waals surface area contributed by atoms with Gasteiger partial charge in [0.1, 0.15) is 23.3 Å². The van der Waals surface area contributed by atoms with Crippen LogP contribution in [0.5, 0.6) is 0 Å². The number of carbonyl (C=O) groups is 1. The highest BCUT2D eigenvalue weighted by molar-refractivity contribution is 7.86. The number of rotatable bonds is 14. The quantitative estimate of drug-likeness (QED) is 0.0386. The molecule has 0 amide bonds. The van der Waals surface area contributed by atoms with Crippen molar-refractivity contribution in [3.8, 4) is 22.5 Å². The smallest absolute Gasteiger partial charge is 0.372 e. The van der Waals surface area contributed by atoms with Crippen molar-refractivity contribution in [2.45, 2.75) is 70.1 Å². The van der Waals surface area contributed by atoms with E-state index < -0.39 is 18.2 Å². The molecule has 0 saturated heterocycles. The van der Waals surface area contributed by atoms with Crippen LogP contribution in [0.25, 0.3) is 33.4 Å². The Bertz CT molecular complexity index is 1780. The number of ether oxygens (including phenoxy) is 1. The third kappa shape index (κ3) is 7.68. The van der Waals surface area contributed by atoms with E-state index >= 15 is 0 Å². The third-order valence-electron chi connectivity index (χ3n) is 9.42. The minimum absolute atomic E-state index is 0.0849. The molecule has 8 nitrogen and oxygen atoms in total. The van der Waals surface area contributed by atoms with Gasteiger partial charge in [0.05, 0.1) is 20.7 Å². The van der Waals surface area contributed by atoms with E-state index in [1.807, 2.05) is 48.0 Å². The van der Waals surface area contributed by atoms with Crippen LogP contribution in [0, 0.1) is 0 Å². The van der Waals surface area contributed by atoms with Crippen LogP contribution in [0.4, 0.5) is 5.69 Å². The zero-order valence-electron chi connectivity index (χ0n) is 27.4. The molecule has 0 bridgehead atoms. The van der Waals surface area contributed by atoms with Crippen molar-refractivity contribution in [3.63, 3.8) is 0 Å². The zero-order valence-corrected chi connectivity index (χ0v) is 29.2. The van der Waals surface area contributed by atoms with E-state index in [-0.39, 0.29) is 17.4 Å². The van der Waals surface area contributed by atoms with Gasteiger partial charge in [-0.05, 0) is 44.5 Å². The number of hydrogen-bond donors (Lipinski definition) is 1. The van der Waals surface area contributed by atoms with Crippen molar-refractivity contribution < 1.29 is 26.9 Å². The molecule has 1 aliphatic heterocycles. The first-order valence-electron chi connectivity index (χ1n) is 16.0. The molecular weight excluding hydrogens is 605 g/mol. The normalized spacial score (nSPS) is 12.9. The summed E-state index contributed by atoms with van der Waals surface area (Å²) in [5, 5.41) is 1.48. The number of likely N-dealkylation sites (N-methyl/N-ethyl adjacent to an activating group) is 1. The van der Waals surface area contributed by atoms with E-state index in [2.05, 4.69) is 39.5 Å². The van der Waals surface area contributed by atoms with Crippen molar-refractivity contribution in [3.05, 3.63) is 66.0 Å². The second-order valence-corrected chi connectivity index (χ2v) is 18.7. The SMILES string of the molecule is CCN(CC)c1ccc2c(-c3ccccc3S(=O)(=O)O)c3ccc(=[N+](C)CC(=O)OCCC[Si](CC)(CC)CC)cc-3oc2c1. The van der Waals surface area contributed by atoms with Gasteiger partial charge in [-0.15, -0.1) is 0 Å². The summed E-state index contributed by atoms with van der Waals surface area (Å²) in [6, 6.07) is 22.9. The van der Waals surface area contributed by atoms with Crippen molar-refractivity contribution >= 4 is 40.8 Å². The molecule has 2 aromatic carbocycles. The van der Waals surface area contributed by atoms with Gasteiger partial charge in [-0.2, -0.15) is 8.42 Å². The minimum Gasteiger partial charge on any atom is -0.461 e. The summed E-state index contributed by atoms with van der Waals surface area (Å²) in [7, 11) is -3.91. The van der Waals surface area contributed by atoms with E-state index in [1.54, 1.807) is 18.2 Å². The Balaban J connectivity index is 1.76. The fraction of sp³-hybridized carbons (Fsp3) is 0.429. The maximum absolute atomic E-state index is 12.8. The van der Waals surface area contributed by atoms with Gasteiger partial charge >= 0.3 is 5.97 Å². The number of hydrogen-bond acceptors (Lipinski definition) is 6. The molecule has 4 rings (SSSR count). The van der Waals surface area contributed by atoms with Crippen molar-refractivity contribution in [1.82, 2.24) is 4.58 Å². The number of esters is 1. The lowest BCUT2D eigenvalue weighted by Gasteiger charge is -2.27. The number of anilines is 1. The predicted octanol–water partition coefficient (Wildman–Crippen LogP) is 7.14. The van der Waals surface area contributed by atoms with Gasteiger partial charge in [0.2, 0.25) is 11.9 Å². The van der Waals surface area contributed by atoms with Crippen LogP contribution in [-0.4, -0.2) is 60.3 Å². The topological polar surface area (TPSA) is 100 Å². The van der Waals surface area contributed by atoms with Gasteiger partial charge in [-0.3, -0.25) is 4.55 Å². The number of nitrogens with zero attached hydrogens (tertiary/aromatic N) is 2. The van der Waals surface area contributed by atoms with Gasteiger partial charge in [-0.25, -0.2) is 9.37 Å². The molecular formula is C35H47N2O6SSi+. The van der Waals surface area contributed by atoms with Gasteiger partial charge in [0, 0.05) is 53.0 Å². The monoisotopic (exact) mass is 651 g/mol. The maximum atomic E-state index is 12.8. The average Bonchev–Trinajstić information content (AvgIpc) is 3.04. The lowest BCUT2D eigenvalue weighted by atomic mass is 9.93. The fourth-order valence-electron chi connectivity index (χ4n) is 6.32. The van der Waals surface area contributed by atoms with Crippen LogP contribution in [0.2, 0.25) is 24.2 Å². The molecule has 45 heavy (non-hydrogen) atoms. The molecule has 0 radical (unpaired) electrons. The van der Waals surface area contributed by atoms with Crippen LogP contribution < -0.4 is 14.8 Å². The lowest BCUT2D eigenvalue weighted by Crippen LogP contribution is -2.33. The van der Waals surface area contributed by atoms with Crippen molar-refractivity contribution in [2.75, 3.05) is 38.2 Å². The van der Waals surface area contributed by atoms with Gasteiger partial charge in [0.15, 0.2) is 0 Å². The van der Waals surface area contributed by atoms with Crippen LogP contribution in [0.3, 0.4) is 0 Å². The van der Waals surface area contributed by atoms with E-state index in [0.29, 0.717) is 34.6 Å². The predicted molar refractivity (Wildman–Crippen MR) is 185 cm³/mol. The zero-order chi connectivity index (χ0) is 32.8. The molecule has 0 saturated carbocycles. The summed E-state index contributed by atoms with van der Waals surface area (Å²) in [5.41, 5.74) is 3.27. The Kier molecular flexibility index (Phi) is 11.3. The fourth-order valence-corrected chi connectivity index (χ4v) is 10.5. The molecule has 1 heterocycles. The Morgan fingerprint density at radius 3 is 2.27 bits per heavy atom. The Morgan fingerprint density at radius 2 is 1.62 bits per heavy atom. The highest BCUT2D eigenvalue weighted by atomic mass is 32.2. The van der Waals surface area contributed by atoms with E-state index in [9.17, 15) is 17.8 Å².